The molecule has 2 aromatic heterocycles. The molecule has 3 aliphatic heterocycles. The molecule has 0 unspecified atom stereocenters. The lowest BCUT2D eigenvalue weighted by molar-refractivity contribution is 0.486. The Labute approximate surface area is 556 Å². The Balaban J connectivity index is 1.02. The van der Waals surface area contributed by atoms with Crippen LogP contribution in [-0.2, 0) is 0 Å². The molecule has 0 spiro atoms. The van der Waals surface area contributed by atoms with Gasteiger partial charge in [-0.1, -0.05) is 279 Å². The smallest absolute Gasteiger partial charge is 0.252 e. The van der Waals surface area contributed by atoms with Crippen molar-refractivity contribution in [3.63, 3.8) is 0 Å². The first-order chi connectivity index (χ1) is 47.7. The van der Waals surface area contributed by atoms with Crippen molar-refractivity contribution < 1.29 is 4.74 Å². The highest BCUT2D eigenvalue weighted by molar-refractivity contribution is 7.00. The Morgan fingerprint density at radius 3 is 1.12 bits per heavy atom. The highest BCUT2D eigenvalue weighted by atomic mass is 16.5. The zero-order valence-corrected chi connectivity index (χ0v) is 52.2. The zero-order valence-electron chi connectivity index (χ0n) is 52.2. The molecule has 446 valence electrons. The lowest BCUT2D eigenvalue weighted by atomic mass is 9.33. The molecular weight excluding hydrogens is 1160 g/mol. The van der Waals surface area contributed by atoms with E-state index in [0.29, 0.717) is 0 Å². The molecule has 17 aromatic rings. The standard InChI is InChI=1S/C90H57BN4O/c1-5-27-58(28-6-1)62-53-75-73-40-18-24-50-86(73)96-85-49-23-17-39-72(85)74-44-26-43-67(61-33-11-4-12-34-61)89(74)95-84-57-64(93-80-47-21-15-37-70(80)71-38-16-22-48-81(71)93)56-83-87(84)91(77(54-62)90(75)95)76-52-51-63(92-78-45-19-13-35-68(78)69-36-14-20-46-79(69)92)55-82(76)94(83)88-65(59-29-7-2-8-30-59)41-25-42-66(88)60-31-9-3-10-32-60/h1-57H. The van der Waals surface area contributed by atoms with Crippen molar-refractivity contribution in [3.05, 3.63) is 346 Å². The van der Waals surface area contributed by atoms with Crippen LogP contribution in [0.2, 0.25) is 0 Å². The van der Waals surface area contributed by atoms with Crippen LogP contribution in [0.4, 0.5) is 34.1 Å². The van der Waals surface area contributed by atoms with E-state index in [9.17, 15) is 0 Å². The lowest BCUT2D eigenvalue weighted by Crippen LogP contribution is -2.61. The number of hydrogen-bond donors (Lipinski definition) is 0. The van der Waals surface area contributed by atoms with Gasteiger partial charge < -0.3 is 23.7 Å². The van der Waals surface area contributed by atoms with E-state index < -0.39 is 0 Å². The maximum Gasteiger partial charge on any atom is 0.252 e. The molecule has 0 saturated carbocycles. The first-order valence-electron chi connectivity index (χ1n) is 33.1. The van der Waals surface area contributed by atoms with Gasteiger partial charge in [-0.2, -0.15) is 0 Å². The predicted octanol–water partition coefficient (Wildman–Crippen LogP) is 22.1. The molecular formula is C90H57BN4O. The van der Waals surface area contributed by atoms with E-state index in [1.165, 1.54) is 37.9 Å². The molecule has 0 amide bonds. The minimum absolute atomic E-state index is 0.325. The van der Waals surface area contributed by atoms with Crippen molar-refractivity contribution in [2.45, 2.75) is 0 Å². The average molecular weight is 1220 g/mol. The number of para-hydroxylation sites is 8. The van der Waals surface area contributed by atoms with Crippen molar-refractivity contribution >= 4 is 101 Å². The predicted molar refractivity (Wildman–Crippen MR) is 402 cm³/mol. The Bertz CT molecular complexity index is 5850. The van der Waals surface area contributed by atoms with Gasteiger partial charge in [-0.05, 0) is 111 Å². The minimum Gasteiger partial charge on any atom is -0.456 e. The van der Waals surface area contributed by atoms with Crippen LogP contribution in [0, 0.1) is 0 Å². The third-order valence-electron chi connectivity index (χ3n) is 20.3. The molecule has 0 bridgehead atoms. The summed E-state index contributed by atoms with van der Waals surface area (Å²) < 4.78 is 12.5. The van der Waals surface area contributed by atoms with Gasteiger partial charge in [0.05, 0.1) is 39.1 Å². The summed E-state index contributed by atoms with van der Waals surface area (Å²) in [7, 11) is 0. The Kier molecular flexibility index (Phi) is 12.1. The third kappa shape index (κ3) is 8.12. The van der Waals surface area contributed by atoms with E-state index >= 15 is 0 Å². The first-order valence-corrected chi connectivity index (χ1v) is 33.1. The number of benzene rings is 15. The van der Waals surface area contributed by atoms with Crippen LogP contribution in [0.15, 0.2) is 346 Å². The lowest BCUT2D eigenvalue weighted by Gasteiger charge is -2.47. The van der Waals surface area contributed by atoms with Crippen LogP contribution in [0.3, 0.4) is 0 Å². The number of hydrogen-bond acceptors (Lipinski definition) is 3. The van der Waals surface area contributed by atoms with E-state index in [-0.39, 0.29) is 6.71 Å². The fraction of sp³-hybridized carbons (Fsp3) is 0. The third-order valence-corrected chi connectivity index (χ3v) is 20.3. The number of aromatic nitrogens is 2. The van der Waals surface area contributed by atoms with Crippen molar-refractivity contribution in [1.82, 2.24) is 9.13 Å². The van der Waals surface area contributed by atoms with Gasteiger partial charge in [0.25, 0.3) is 6.71 Å². The van der Waals surface area contributed by atoms with Gasteiger partial charge in [0.15, 0.2) is 0 Å². The van der Waals surface area contributed by atoms with Crippen LogP contribution in [0.5, 0.6) is 11.5 Å². The number of rotatable bonds is 7. The van der Waals surface area contributed by atoms with Crippen molar-refractivity contribution in [1.29, 1.82) is 0 Å². The topological polar surface area (TPSA) is 25.6 Å². The summed E-state index contributed by atoms with van der Waals surface area (Å²) in [5, 5.41) is 4.82. The summed E-state index contributed by atoms with van der Waals surface area (Å²) in [6.07, 6.45) is 0. The molecule has 0 aliphatic carbocycles. The van der Waals surface area contributed by atoms with Crippen molar-refractivity contribution in [3.8, 4) is 89.6 Å². The van der Waals surface area contributed by atoms with E-state index in [1.807, 2.05) is 0 Å². The van der Waals surface area contributed by atoms with E-state index in [1.54, 1.807) is 0 Å². The van der Waals surface area contributed by atoms with Crippen molar-refractivity contribution in [2.75, 3.05) is 9.80 Å². The summed E-state index contributed by atoms with van der Waals surface area (Å²) >= 11 is 0. The molecule has 0 N–H and O–H groups in total. The zero-order chi connectivity index (χ0) is 63.0. The first kappa shape index (κ1) is 54.0. The van der Waals surface area contributed by atoms with Gasteiger partial charge >= 0.3 is 0 Å². The monoisotopic (exact) mass is 1220 g/mol. The molecule has 3 aliphatic rings. The molecule has 6 heteroatoms. The Morgan fingerprint density at radius 2 is 0.615 bits per heavy atom. The summed E-state index contributed by atoms with van der Waals surface area (Å²) in [4.78, 5) is 5.38. The summed E-state index contributed by atoms with van der Waals surface area (Å²) in [6, 6.07) is 128. The number of ether oxygens (including phenoxy) is 1. The van der Waals surface area contributed by atoms with Gasteiger partial charge in [-0.25, -0.2) is 0 Å². The Hall–Kier alpha value is -12.6. The van der Waals surface area contributed by atoms with Gasteiger partial charge in [0, 0.05) is 88.9 Å². The molecule has 20 rings (SSSR count). The molecule has 15 aromatic carbocycles. The molecule has 96 heavy (non-hydrogen) atoms. The van der Waals surface area contributed by atoms with Gasteiger partial charge in [-0.15, -0.1) is 0 Å². The summed E-state index contributed by atoms with van der Waals surface area (Å²) in [5.74, 6) is 1.56. The van der Waals surface area contributed by atoms with Gasteiger partial charge in [0.2, 0.25) is 0 Å². The van der Waals surface area contributed by atoms with Crippen LogP contribution >= 0.6 is 0 Å². The molecule has 0 radical (unpaired) electrons. The largest absolute Gasteiger partial charge is 0.456 e. The quantitative estimate of drug-likeness (QED) is 0.149. The average Bonchev–Trinajstić information content (AvgIpc) is 0.724. The summed E-state index contributed by atoms with van der Waals surface area (Å²) in [5.41, 5.74) is 29.8. The van der Waals surface area contributed by atoms with Crippen LogP contribution in [0.25, 0.3) is 122 Å². The fourth-order valence-electron chi connectivity index (χ4n) is 16.3. The van der Waals surface area contributed by atoms with Crippen LogP contribution in [-0.4, -0.2) is 15.8 Å². The second-order valence-electron chi connectivity index (χ2n) is 25.4. The maximum absolute atomic E-state index is 7.45. The molecule has 0 saturated heterocycles. The van der Waals surface area contributed by atoms with E-state index in [2.05, 4.69) is 365 Å². The Morgan fingerprint density at radius 1 is 0.229 bits per heavy atom. The number of nitrogens with zero attached hydrogens (tertiary/aromatic N) is 4. The minimum atomic E-state index is -0.325. The molecule has 0 fully saturated rings. The molecule has 5 heterocycles. The van der Waals surface area contributed by atoms with Gasteiger partial charge in [0.1, 0.15) is 11.5 Å². The molecule has 5 nitrogen and oxygen atoms in total. The summed E-state index contributed by atoms with van der Waals surface area (Å²) in [6.45, 7) is -0.325. The highest BCUT2D eigenvalue weighted by Crippen LogP contribution is 2.57. The second kappa shape index (κ2) is 21.5. The van der Waals surface area contributed by atoms with Crippen LogP contribution in [0.1, 0.15) is 0 Å². The fourth-order valence-corrected chi connectivity index (χ4v) is 16.3. The van der Waals surface area contributed by atoms with Gasteiger partial charge in [-0.3, -0.25) is 0 Å². The highest BCUT2D eigenvalue weighted by Gasteiger charge is 2.47. The normalized spacial score (nSPS) is 12.6. The van der Waals surface area contributed by atoms with E-state index in [0.717, 1.165) is 146 Å². The van der Waals surface area contributed by atoms with E-state index in [4.69, 9.17) is 4.74 Å². The SMILES string of the molecule is c1ccc(-c2cc3c4c(c2)-c2ccccc2Oc2ccccc2-c2cccc(-c5ccccc5)c2N4c2cc(-n4c5ccccc5c5ccccc54)cc4c2B3c2ccc(-n3c5ccccc5c5ccccc53)cc2N4c2c(-c3ccccc3)cccc2-c2ccccc2)cc1. The molecule has 0 atom stereocenters. The number of anilines is 6. The van der Waals surface area contributed by atoms with Crippen LogP contribution < -0.4 is 30.9 Å². The van der Waals surface area contributed by atoms with Crippen molar-refractivity contribution in [2.24, 2.45) is 0 Å². The number of fused-ring (bicyclic) bond motifs is 16. The maximum atomic E-state index is 7.45. The second-order valence-corrected chi connectivity index (χ2v) is 25.4.